The molecule has 0 radical (unpaired) electrons. The molecule has 88 valence electrons. The van der Waals surface area contributed by atoms with E-state index >= 15 is 0 Å². The minimum absolute atomic E-state index is 0.424. The van der Waals surface area contributed by atoms with Gasteiger partial charge in [0.2, 0.25) is 0 Å². The van der Waals surface area contributed by atoms with Crippen LogP contribution < -0.4 is 11.1 Å². The summed E-state index contributed by atoms with van der Waals surface area (Å²) >= 11 is 5.81. The molecular formula is C12H13ClN4. The van der Waals surface area contributed by atoms with Gasteiger partial charge in [-0.05, 0) is 36.2 Å². The highest BCUT2D eigenvalue weighted by molar-refractivity contribution is 6.30. The zero-order valence-corrected chi connectivity index (χ0v) is 9.98. The monoisotopic (exact) mass is 248 g/mol. The van der Waals surface area contributed by atoms with Gasteiger partial charge in [0, 0.05) is 11.6 Å². The molecule has 0 bridgehead atoms. The van der Waals surface area contributed by atoms with Gasteiger partial charge in [-0.3, -0.25) is 0 Å². The van der Waals surface area contributed by atoms with Crippen LogP contribution in [0.1, 0.15) is 5.56 Å². The molecule has 3 N–H and O–H groups in total. The van der Waals surface area contributed by atoms with Crippen molar-refractivity contribution in [3.63, 3.8) is 0 Å². The lowest BCUT2D eigenvalue weighted by Crippen LogP contribution is -2.07. The van der Waals surface area contributed by atoms with E-state index in [1.54, 1.807) is 6.07 Å². The molecule has 1 heterocycles. The SMILES string of the molecule is Nc1ccc(NCCc2ccc(Cl)cc2)nn1. The van der Waals surface area contributed by atoms with Crippen molar-refractivity contribution in [1.82, 2.24) is 10.2 Å². The Hall–Kier alpha value is -1.81. The molecule has 17 heavy (non-hydrogen) atoms. The van der Waals surface area contributed by atoms with Crippen LogP contribution in [0.25, 0.3) is 0 Å². The van der Waals surface area contributed by atoms with E-state index in [9.17, 15) is 0 Å². The second-order valence-corrected chi connectivity index (χ2v) is 4.08. The summed E-state index contributed by atoms with van der Waals surface area (Å²) in [4.78, 5) is 0. The van der Waals surface area contributed by atoms with Crippen molar-refractivity contribution in [1.29, 1.82) is 0 Å². The first-order valence-electron chi connectivity index (χ1n) is 5.31. The van der Waals surface area contributed by atoms with Crippen LogP contribution in [-0.4, -0.2) is 16.7 Å². The summed E-state index contributed by atoms with van der Waals surface area (Å²) in [7, 11) is 0. The number of nitrogens with zero attached hydrogens (tertiary/aromatic N) is 2. The molecule has 0 aliphatic heterocycles. The van der Waals surface area contributed by atoms with Crippen LogP contribution in [0.4, 0.5) is 11.6 Å². The van der Waals surface area contributed by atoms with Gasteiger partial charge in [0.25, 0.3) is 0 Å². The van der Waals surface area contributed by atoms with Gasteiger partial charge in [-0.15, -0.1) is 10.2 Å². The van der Waals surface area contributed by atoms with Crippen molar-refractivity contribution < 1.29 is 0 Å². The van der Waals surface area contributed by atoms with Crippen LogP contribution >= 0.6 is 11.6 Å². The number of nitrogens with one attached hydrogen (secondary N) is 1. The molecule has 0 aliphatic carbocycles. The minimum Gasteiger partial charge on any atom is -0.382 e. The van der Waals surface area contributed by atoms with Crippen molar-refractivity contribution in [3.8, 4) is 0 Å². The van der Waals surface area contributed by atoms with E-state index in [1.165, 1.54) is 5.56 Å². The molecule has 0 unspecified atom stereocenters. The quantitative estimate of drug-likeness (QED) is 0.872. The number of hydrogen-bond acceptors (Lipinski definition) is 4. The Kier molecular flexibility index (Phi) is 3.77. The van der Waals surface area contributed by atoms with E-state index in [0.29, 0.717) is 5.82 Å². The number of nitrogens with two attached hydrogens (primary N) is 1. The first-order chi connectivity index (χ1) is 8.24. The van der Waals surface area contributed by atoms with Crippen molar-refractivity contribution >= 4 is 23.2 Å². The maximum Gasteiger partial charge on any atom is 0.148 e. The normalized spacial score (nSPS) is 10.2. The molecule has 0 amide bonds. The molecule has 0 fully saturated rings. The highest BCUT2D eigenvalue weighted by Gasteiger charge is 1.96. The average molecular weight is 249 g/mol. The fourth-order valence-electron chi connectivity index (χ4n) is 1.42. The zero-order valence-electron chi connectivity index (χ0n) is 9.23. The Morgan fingerprint density at radius 2 is 1.82 bits per heavy atom. The standard InChI is InChI=1S/C12H13ClN4/c13-10-3-1-9(2-4-10)7-8-15-12-6-5-11(14)16-17-12/h1-6H,7-8H2,(H2,14,16)(H,15,17). The smallest absolute Gasteiger partial charge is 0.148 e. The number of halogens is 1. The maximum absolute atomic E-state index is 5.81. The predicted molar refractivity (Wildman–Crippen MR) is 70.1 cm³/mol. The second-order valence-electron chi connectivity index (χ2n) is 3.65. The fourth-order valence-corrected chi connectivity index (χ4v) is 1.55. The third-order valence-corrected chi connectivity index (χ3v) is 2.57. The van der Waals surface area contributed by atoms with Crippen LogP contribution in [0.5, 0.6) is 0 Å². The summed E-state index contributed by atoms with van der Waals surface area (Å²) in [6, 6.07) is 11.3. The molecule has 1 aromatic carbocycles. The number of anilines is 2. The van der Waals surface area contributed by atoms with Crippen LogP contribution in [0.2, 0.25) is 5.02 Å². The van der Waals surface area contributed by atoms with Gasteiger partial charge in [0.1, 0.15) is 11.6 Å². The van der Waals surface area contributed by atoms with Gasteiger partial charge in [0.15, 0.2) is 0 Å². The van der Waals surface area contributed by atoms with E-state index in [4.69, 9.17) is 17.3 Å². The molecule has 1 aromatic heterocycles. The zero-order chi connectivity index (χ0) is 12.1. The molecule has 0 saturated heterocycles. The number of nitrogen functional groups attached to an aromatic ring is 1. The highest BCUT2D eigenvalue weighted by atomic mass is 35.5. The van der Waals surface area contributed by atoms with Crippen LogP contribution in [-0.2, 0) is 6.42 Å². The lowest BCUT2D eigenvalue weighted by atomic mass is 10.1. The highest BCUT2D eigenvalue weighted by Crippen LogP contribution is 2.10. The van der Waals surface area contributed by atoms with Crippen molar-refractivity contribution in [2.24, 2.45) is 0 Å². The van der Waals surface area contributed by atoms with Crippen molar-refractivity contribution in [3.05, 3.63) is 47.0 Å². The van der Waals surface area contributed by atoms with E-state index in [2.05, 4.69) is 15.5 Å². The van der Waals surface area contributed by atoms with Gasteiger partial charge in [-0.25, -0.2) is 0 Å². The summed E-state index contributed by atoms with van der Waals surface area (Å²) in [5.41, 5.74) is 6.67. The molecular weight excluding hydrogens is 236 g/mol. The molecule has 2 rings (SSSR count). The Balaban J connectivity index is 1.83. The Labute approximate surface area is 105 Å². The lowest BCUT2D eigenvalue weighted by Gasteiger charge is -2.05. The van der Waals surface area contributed by atoms with E-state index in [-0.39, 0.29) is 0 Å². The summed E-state index contributed by atoms with van der Waals surface area (Å²) in [6.07, 6.45) is 0.906. The third-order valence-electron chi connectivity index (χ3n) is 2.32. The second kappa shape index (κ2) is 5.50. The van der Waals surface area contributed by atoms with Crippen LogP contribution in [0.3, 0.4) is 0 Å². The lowest BCUT2D eigenvalue weighted by molar-refractivity contribution is 0.971. The molecule has 0 aliphatic rings. The van der Waals surface area contributed by atoms with E-state index in [0.717, 1.165) is 23.8 Å². The first kappa shape index (κ1) is 11.7. The Morgan fingerprint density at radius 3 is 2.47 bits per heavy atom. The summed E-state index contributed by atoms with van der Waals surface area (Å²) in [6.45, 7) is 0.792. The van der Waals surface area contributed by atoms with Crippen molar-refractivity contribution in [2.45, 2.75) is 6.42 Å². The van der Waals surface area contributed by atoms with Gasteiger partial charge in [-0.1, -0.05) is 23.7 Å². The molecule has 2 aromatic rings. The first-order valence-corrected chi connectivity index (χ1v) is 5.69. The van der Waals surface area contributed by atoms with Gasteiger partial charge >= 0.3 is 0 Å². The minimum atomic E-state index is 0.424. The molecule has 4 nitrogen and oxygen atoms in total. The predicted octanol–water partition coefficient (Wildman–Crippen LogP) is 2.37. The van der Waals surface area contributed by atoms with E-state index in [1.807, 2.05) is 30.3 Å². The maximum atomic E-state index is 5.81. The molecule has 0 saturated carbocycles. The number of hydrogen-bond donors (Lipinski definition) is 2. The number of benzene rings is 1. The Bertz CT molecular complexity index is 421. The van der Waals surface area contributed by atoms with E-state index < -0.39 is 0 Å². The third kappa shape index (κ3) is 3.60. The summed E-state index contributed by atoms with van der Waals surface area (Å²) in [5, 5.41) is 11.6. The van der Waals surface area contributed by atoms with Gasteiger partial charge in [0.05, 0.1) is 0 Å². The number of aromatic nitrogens is 2. The van der Waals surface area contributed by atoms with Gasteiger partial charge < -0.3 is 11.1 Å². The van der Waals surface area contributed by atoms with Crippen molar-refractivity contribution in [2.75, 3.05) is 17.6 Å². The Morgan fingerprint density at radius 1 is 1.06 bits per heavy atom. The molecule has 5 heteroatoms. The van der Waals surface area contributed by atoms with Crippen LogP contribution in [0.15, 0.2) is 36.4 Å². The van der Waals surface area contributed by atoms with Crippen LogP contribution in [0, 0.1) is 0 Å². The number of rotatable bonds is 4. The summed E-state index contributed by atoms with van der Waals surface area (Å²) in [5.74, 6) is 1.15. The average Bonchev–Trinajstić information content (AvgIpc) is 2.34. The molecule has 0 atom stereocenters. The fraction of sp³-hybridized carbons (Fsp3) is 0.167. The summed E-state index contributed by atoms with van der Waals surface area (Å²) < 4.78 is 0. The van der Waals surface area contributed by atoms with Gasteiger partial charge in [-0.2, -0.15) is 0 Å². The largest absolute Gasteiger partial charge is 0.382 e. The topological polar surface area (TPSA) is 63.8 Å². The molecule has 0 spiro atoms.